The van der Waals surface area contributed by atoms with Crippen molar-refractivity contribution in [1.29, 1.82) is 0 Å². The Kier molecular flexibility index (Phi) is 3.93. The van der Waals surface area contributed by atoms with E-state index in [1.807, 2.05) is 54.2 Å². The van der Waals surface area contributed by atoms with Crippen molar-refractivity contribution in [2.45, 2.75) is 26.3 Å². The first-order valence-corrected chi connectivity index (χ1v) is 8.26. The molecule has 0 amide bonds. The van der Waals surface area contributed by atoms with Crippen molar-refractivity contribution in [2.75, 3.05) is 0 Å². The first kappa shape index (κ1) is 15.4. The fraction of sp³-hybridized carbons (Fsp3) is 0.211. The number of nitrogens with one attached hydrogen (secondary N) is 1. The van der Waals surface area contributed by atoms with E-state index in [1.165, 1.54) is 0 Å². The van der Waals surface area contributed by atoms with E-state index in [-0.39, 0.29) is 6.04 Å². The van der Waals surface area contributed by atoms with Gasteiger partial charge in [-0.25, -0.2) is 4.68 Å². The van der Waals surface area contributed by atoms with Gasteiger partial charge < -0.3 is 4.42 Å². The summed E-state index contributed by atoms with van der Waals surface area (Å²) in [5.41, 5.74) is 4.94. The van der Waals surface area contributed by atoms with Crippen LogP contribution in [0.4, 0.5) is 0 Å². The number of rotatable bonds is 5. The van der Waals surface area contributed by atoms with Crippen molar-refractivity contribution in [2.24, 2.45) is 0 Å². The second-order valence-electron chi connectivity index (χ2n) is 6.20. The highest BCUT2D eigenvalue weighted by atomic mass is 16.3. The van der Waals surface area contributed by atoms with Gasteiger partial charge in [-0.1, -0.05) is 29.5 Å². The molecule has 1 N–H and O–H groups in total. The molecule has 4 rings (SSSR count). The predicted molar refractivity (Wildman–Crippen MR) is 94.9 cm³/mol. The van der Waals surface area contributed by atoms with E-state index in [1.54, 1.807) is 6.26 Å². The summed E-state index contributed by atoms with van der Waals surface area (Å²) in [5, 5.41) is 16.0. The molecule has 0 bridgehead atoms. The molecule has 0 fully saturated rings. The third-order valence-corrected chi connectivity index (χ3v) is 4.22. The van der Waals surface area contributed by atoms with Crippen LogP contribution in [-0.2, 0) is 6.42 Å². The second-order valence-corrected chi connectivity index (χ2v) is 6.20. The highest BCUT2D eigenvalue weighted by Crippen LogP contribution is 2.31. The molecular formula is C19H19N5O. The lowest BCUT2D eigenvalue weighted by Gasteiger charge is -2.09. The fourth-order valence-electron chi connectivity index (χ4n) is 2.94. The number of hydrogen-bond acceptors (Lipinski definition) is 4. The van der Waals surface area contributed by atoms with Gasteiger partial charge in [-0.2, -0.15) is 5.10 Å². The number of nitrogens with zero attached hydrogens (tertiary/aromatic N) is 4. The third kappa shape index (κ3) is 3.10. The molecule has 0 saturated heterocycles. The first-order chi connectivity index (χ1) is 12.2. The van der Waals surface area contributed by atoms with Crippen molar-refractivity contribution in [3.05, 3.63) is 66.3 Å². The maximum absolute atomic E-state index is 5.55. The van der Waals surface area contributed by atoms with E-state index in [0.717, 1.165) is 40.4 Å². The minimum absolute atomic E-state index is 0.166. The van der Waals surface area contributed by atoms with Gasteiger partial charge in [0.1, 0.15) is 11.5 Å². The van der Waals surface area contributed by atoms with Crippen LogP contribution in [0.3, 0.4) is 0 Å². The quantitative estimate of drug-likeness (QED) is 0.598. The first-order valence-electron chi connectivity index (χ1n) is 8.26. The van der Waals surface area contributed by atoms with E-state index >= 15 is 0 Å². The summed E-state index contributed by atoms with van der Waals surface area (Å²) in [4.78, 5) is 0. The smallest absolute Gasteiger partial charge is 0.134 e. The number of hydrogen-bond donors (Lipinski definition) is 1. The molecule has 0 spiro atoms. The molecule has 6 nitrogen and oxygen atoms in total. The summed E-state index contributed by atoms with van der Waals surface area (Å²) >= 11 is 0. The molecule has 0 aliphatic carbocycles. The Hall–Kier alpha value is -3.15. The molecule has 126 valence electrons. The molecule has 6 heteroatoms. The lowest BCUT2D eigenvalue weighted by Crippen LogP contribution is -2.09. The van der Waals surface area contributed by atoms with Crippen molar-refractivity contribution in [3.63, 3.8) is 0 Å². The molecule has 1 aromatic carbocycles. The molecule has 4 aromatic rings. The van der Waals surface area contributed by atoms with E-state index < -0.39 is 0 Å². The summed E-state index contributed by atoms with van der Waals surface area (Å²) in [6, 6.07) is 14.1. The molecule has 3 aromatic heterocycles. The number of furan rings is 1. The minimum Gasteiger partial charge on any atom is -0.464 e. The van der Waals surface area contributed by atoms with Gasteiger partial charge >= 0.3 is 0 Å². The van der Waals surface area contributed by atoms with Crippen molar-refractivity contribution in [3.8, 4) is 22.6 Å². The summed E-state index contributed by atoms with van der Waals surface area (Å²) in [6.07, 6.45) is 4.45. The monoisotopic (exact) mass is 333 g/mol. The lowest BCUT2D eigenvalue weighted by molar-refractivity contribution is 0.470. The van der Waals surface area contributed by atoms with Crippen molar-refractivity contribution < 1.29 is 4.42 Å². The van der Waals surface area contributed by atoms with Crippen LogP contribution in [0.25, 0.3) is 22.6 Å². The van der Waals surface area contributed by atoms with Gasteiger partial charge in [-0.15, -0.1) is 5.10 Å². The van der Waals surface area contributed by atoms with Gasteiger partial charge in [0.25, 0.3) is 0 Å². The molecule has 0 unspecified atom stereocenters. The maximum atomic E-state index is 5.55. The minimum atomic E-state index is 0.166. The second kappa shape index (κ2) is 6.39. The van der Waals surface area contributed by atoms with Crippen LogP contribution in [0, 0.1) is 6.92 Å². The van der Waals surface area contributed by atoms with Gasteiger partial charge in [0, 0.05) is 23.2 Å². The van der Waals surface area contributed by atoms with Crippen LogP contribution in [-0.4, -0.2) is 25.2 Å². The number of aromatic nitrogens is 5. The maximum Gasteiger partial charge on any atom is 0.134 e. The molecule has 0 saturated carbocycles. The molecular weight excluding hydrogens is 314 g/mol. The van der Waals surface area contributed by atoms with Crippen LogP contribution in [0.15, 0.2) is 59.3 Å². The van der Waals surface area contributed by atoms with Gasteiger partial charge in [-0.3, -0.25) is 5.10 Å². The van der Waals surface area contributed by atoms with Crippen LogP contribution >= 0.6 is 0 Å². The summed E-state index contributed by atoms with van der Waals surface area (Å²) in [6.45, 7) is 4.11. The Morgan fingerprint density at radius 3 is 2.72 bits per heavy atom. The fourth-order valence-corrected chi connectivity index (χ4v) is 2.94. The molecule has 0 radical (unpaired) electrons. The third-order valence-electron chi connectivity index (χ3n) is 4.22. The lowest BCUT2D eigenvalue weighted by atomic mass is 10.0. The highest BCUT2D eigenvalue weighted by molar-refractivity contribution is 5.78. The molecule has 0 aliphatic heterocycles. The van der Waals surface area contributed by atoms with Crippen LogP contribution in [0.2, 0.25) is 0 Å². The van der Waals surface area contributed by atoms with Gasteiger partial charge in [-0.05, 0) is 32.0 Å². The topological polar surface area (TPSA) is 72.5 Å². The average Bonchev–Trinajstić information content (AvgIpc) is 3.37. The number of aromatic amines is 1. The Bertz CT molecular complexity index is 967. The Labute approximate surface area is 145 Å². The van der Waals surface area contributed by atoms with E-state index in [2.05, 4.69) is 33.5 Å². The zero-order valence-electron chi connectivity index (χ0n) is 14.2. The van der Waals surface area contributed by atoms with Crippen molar-refractivity contribution >= 4 is 0 Å². The number of aryl methyl sites for hydroxylation is 1. The Morgan fingerprint density at radius 1 is 1.16 bits per heavy atom. The Balaban J connectivity index is 1.62. The normalized spacial score (nSPS) is 12.4. The van der Waals surface area contributed by atoms with Gasteiger partial charge in [0.2, 0.25) is 0 Å². The highest BCUT2D eigenvalue weighted by Gasteiger charge is 2.15. The predicted octanol–water partition coefficient (Wildman–Crippen LogP) is 4.04. The number of benzene rings is 1. The van der Waals surface area contributed by atoms with Crippen LogP contribution in [0.5, 0.6) is 0 Å². The van der Waals surface area contributed by atoms with E-state index in [9.17, 15) is 0 Å². The van der Waals surface area contributed by atoms with E-state index in [4.69, 9.17) is 4.42 Å². The van der Waals surface area contributed by atoms with Gasteiger partial charge in [0.15, 0.2) is 0 Å². The largest absolute Gasteiger partial charge is 0.464 e. The van der Waals surface area contributed by atoms with Crippen LogP contribution < -0.4 is 0 Å². The molecule has 1 atom stereocenters. The summed E-state index contributed by atoms with van der Waals surface area (Å²) < 4.78 is 7.44. The Morgan fingerprint density at radius 2 is 2.00 bits per heavy atom. The zero-order valence-corrected chi connectivity index (χ0v) is 14.2. The summed E-state index contributed by atoms with van der Waals surface area (Å²) in [5.74, 6) is 0.824. The molecule has 25 heavy (non-hydrogen) atoms. The SMILES string of the molecule is Cc1cc(C[C@H](C)n2cc(-c3ccccc3-c3ccco3)nn2)n[nH]1. The zero-order chi connectivity index (χ0) is 17.2. The van der Waals surface area contributed by atoms with Gasteiger partial charge in [0.05, 0.1) is 24.2 Å². The van der Waals surface area contributed by atoms with Crippen LogP contribution in [0.1, 0.15) is 24.4 Å². The number of H-pyrrole nitrogens is 1. The average molecular weight is 333 g/mol. The molecule has 3 heterocycles. The summed E-state index contributed by atoms with van der Waals surface area (Å²) in [7, 11) is 0. The van der Waals surface area contributed by atoms with Crippen molar-refractivity contribution in [1.82, 2.24) is 25.2 Å². The van der Waals surface area contributed by atoms with E-state index in [0.29, 0.717) is 0 Å². The molecule has 0 aliphatic rings. The standard InChI is InChI=1S/C19H19N5O/c1-13-10-15(21-20-13)11-14(2)24-12-18(22-23-24)16-6-3-4-7-17(16)19-8-5-9-25-19/h3-10,12,14H,11H2,1-2H3,(H,20,21)/t14-/m0/s1.